The molecule has 3 nitrogen and oxygen atoms in total. The van der Waals surface area contributed by atoms with Crippen molar-refractivity contribution < 1.29 is 0 Å². The summed E-state index contributed by atoms with van der Waals surface area (Å²) in [6.07, 6.45) is 6.93. The van der Waals surface area contributed by atoms with Crippen LogP contribution in [0.5, 0.6) is 0 Å². The van der Waals surface area contributed by atoms with Crippen LogP contribution in [-0.2, 0) is 0 Å². The van der Waals surface area contributed by atoms with E-state index in [0.717, 1.165) is 0 Å². The molecular formula is C8H11N3S3. The lowest BCUT2D eigenvalue weighted by molar-refractivity contribution is 0.718. The maximum Gasteiger partial charge on any atom is 0.194 e. The molecule has 76 valence electrons. The van der Waals surface area contributed by atoms with Gasteiger partial charge in [-0.3, -0.25) is 0 Å². The summed E-state index contributed by atoms with van der Waals surface area (Å²) in [4.78, 5) is 5.88. The minimum Gasteiger partial charge on any atom is -0.130 e. The van der Waals surface area contributed by atoms with Gasteiger partial charge in [0.05, 0.1) is 0 Å². The largest absolute Gasteiger partial charge is 0.194 e. The predicted molar refractivity (Wildman–Crippen MR) is 66.1 cm³/mol. The molecule has 0 aromatic carbocycles. The fraction of sp³-hybridized carbons (Fsp3) is 0.750. The van der Waals surface area contributed by atoms with Gasteiger partial charge in [0, 0.05) is 4.91 Å². The van der Waals surface area contributed by atoms with E-state index in [0.29, 0.717) is 0 Å². The zero-order valence-electron chi connectivity index (χ0n) is 7.89. The number of nitrogens with zero attached hydrogens (tertiary/aromatic N) is 3. The van der Waals surface area contributed by atoms with Crippen molar-refractivity contribution in [2.24, 2.45) is 5.11 Å². The van der Waals surface area contributed by atoms with Crippen molar-refractivity contribution in [3.05, 3.63) is 20.3 Å². The average Bonchev–Trinajstić information content (AvgIpc) is 2.57. The van der Waals surface area contributed by atoms with E-state index < -0.39 is 0 Å². The third kappa shape index (κ3) is 1.89. The van der Waals surface area contributed by atoms with Gasteiger partial charge in [-0.2, -0.15) is 0 Å². The molecule has 0 saturated heterocycles. The van der Waals surface area contributed by atoms with Gasteiger partial charge < -0.3 is 0 Å². The maximum absolute atomic E-state index is 8.56. The Balaban J connectivity index is 2.19. The molecule has 0 saturated carbocycles. The van der Waals surface area contributed by atoms with Gasteiger partial charge in [0.2, 0.25) is 0 Å². The van der Waals surface area contributed by atoms with Crippen LogP contribution in [0.25, 0.3) is 10.4 Å². The number of hydrogen-bond acceptors (Lipinski definition) is 4. The highest BCUT2D eigenvalue weighted by atomic mass is 32.3. The molecule has 14 heavy (non-hydrogen) atoms. The molecule has 0 bridgehead atoms. The molecule has 1 aliphatic carbocycles. The first kappa shape index (κ1) is 10.6. The summed E-state index contributed by atoms with van der Waals surface area (Å²) in [7, 11) is 0. The Labute approximate surface area is 96.1 Å². The number of rotatable bonds is 2. The van der Waals surface area contributed by atoms with E-state index in [1.807, 2.05) is 6.26 Å². The van der Waals surface area contributed by atoms with E-state index in [1.165, 1.54) is 35.5 Å². The number of thioether (sulfide) groups is 3. The van der Waals surface area contributed by atoms with Gasteiger partial charge in [-0.15, -0.1) is 11.8 Å². The van der Waals surface area contributed by atoms with Crippen molar-refractivity contribution in [1.29, 1.82) is 0 Å². The average molecular weight is 245 g/mol. The van der Waals surface area contributed by atoms with Gasteiger partial charge in [-0.05, 0) is 47.3 Å². The summed E-state index contributed by atoms with van der Waals surface area (Å²) in [5, 5.41) is 3.93. The van der Waals surface area contributed by atoms with E-state index in [4.69, 9.17) is 5.53 Å². The van der Waals surface area contributed by atoms with Crippen molar-refractivity contribution in [3.8, 4) is 0 Å². The minimum atomic E-state index is -0.343. The topological polar surface area (TPSA) is 48.8 Å². The van der Waals surface area contributed by atoms with Crippen molar-refractivity contribution in [2.45, 2.75) is 29.2 Å². The van der Waals surface area contributed by atoms with Crippen LogP contribution in [0.15, 0.2) is 14.9 Å². The van der Waals surface area contributed by atoms with Gasteiger partial charge in [-0.1, -0.05) is 28.6 Å². The van der Waals surface area contributed by atoms with Gasteiger partial charge in [0.15, 0.2) is 3.54 Å². The summed E-state index contributed by atoms with van der Waals surface area (Å²) in [6.45, 7) is 0. The van der Waals surface area contributed by atoms with Crippen LogP contribution in [0.3, 0.4) is 0 Å². The molecule has 1 heterocycles. The molecule has 0 aromatic rings. The highest BCUT2D eigenvalue weighted by molar-refractivity contribution is 8.37. The monoisotopic (exact) mass is 245 g/mol. The molecule has 2 aliphatic rings. The molecule has 1 aliphatic heterocycles. The molecule has 0 fully saturated rings. The number of azide groups is 1. The number of hydrogen-bond donors (Lipinski definition) is 0. The summed E-state index contributed by atoms with van der Waals surface area (Å²) in [6, 6.07) is 0. The van der Waals surface area contributed by atoms with Gasteiger partial charge in [-0.25, -0.2) is 0 Å². The van der Waals surface area contributed by atoms with Crippen LogP contribution in [-0.4, -0.2) is 9.79 Å². The summed E-state index contributed by atoms with van der Waals surface area (Å²) in [5.41, 5.74) is 8.56. The Bertz CT molecular complexity index is 302. The molecule has 6 heteroatoms. The Morgan fingerprint density at radius 3 is 2.36 bits per heavy atom. The molecule has 0 aromatic heterocycles. The standard InChI is InChI=1S/C8H11N3S3/c1-12-8(10-11-9)13-6-4-2-3-5-7(6)14-8/h2-5H2,1H3. The fourth-order valence-corrected chi connectivity index (χ4v) is 5.73. The Morgan fingerprint density at radius 2 is 1.93 bits per heavy atom. The van der Waals surface area contributed by atoms with E-state index in [-0.39, 0.29) is 3.54 Å². The summed E-state index contributed by atoms with van der Waals surface area (Å²) >= 11 is 5.14. The maximum atomic E-state index is 8.56. The molecule has 0 amide bonds. The second-order valence-electron chi connectivity index (χ2n) is 3.18. The molecule has 0 atom stereocenters. The highest BCUT2D eigenvalue weighted by Crippen LogP contribution is 2.63. The third-order valence-electron chi connectivity index (χ3n) is 2.30. The normalized spacial score (nSPS) is 24.4. The second-order valence-corrected chi connectivity index (χ2v) is 7.52. The quantitative estimate of drug-likeness (QED) is 0.408. The van der Waals surface area contributed by atoms with E-state index >= 15 is 0 Å². The van der Waals surface area contributed by atoms with Gasteiger partial charge in [0.25, 0.3) is 0 Å². The van der Waals surface area contributed by atoms with Crippen LogP contribution >= 0.6 is 35.3 Å². The first-order valence-corrected chi connectivity index (χ1v) is 7.37. The van der Waals surface area contributed by atoms with Crippen LogP contribution in [0.4, 0.5) is 0 Å². The third-order valence-corrected chi connectivity index (χ3v) is 7.10. The van der Waals surface area contributed by atoms with Crippen LogP contribution < -0.4 is 0 Å². The summed E-state index contributed by atoms with van der Waals surface area (Å²) < 4.78 is -0.343. The molecule has 0 spiro atoms. The molecule has 0 N–H and O–H groups in total. The summed E-state index contributed by atoms with van der Waals surface area (Å²) in [5.74, 6) is 0. The van der Waals surface area contributed by atoms with E-state index in [2.05, 4.69) is 10.0 Å². The van der Waals surface area contributed by atoms with Crippen molar-refractivity contribution in [3.63, 3.8) is 0 Å². The SMILES string of the molecule is CSC1(N=[N+]=[N-])SC2=C(CCCC2)S1. The lowest BCUT2D eigenvalue weighted by Gasteiger charge is -2.18. The van der Waals surface area contributed by atoms with E-state index in [1.54, 1.807) is 35.3 Å². The smallest absolute Gasteiger partial charge is 0.130 e. The van der Waals surface area contributed by atoms with Gasteiger partial charge in [0.1, 0.15) is 0 Å². The van der Waals surface area contributed by atoms with Crippen LogP contribution in [0.1, 0.15) is 25.7 Å². The Hall–Kier alpha value is 0.1000. The Morgan fingerprint density at radius 1 is 1.36 bits per heavy atom. The Kier molecular flexibility index (Phi) is 3.27. The first-order valence-electron chi connectivity index (χ1n) is 4.51. The highest BCUT2D eigenvalue weighted by Gasteiger charge is 2.40. The van der Waals surface area contributed by atoms with Crippen LogP contribution in [0.2, 0.25) is 0 Å². The zero-order valence-corrected chi connectivity index (χ0v) is 10.3. The second kappa shape index (κ2) is 4.31. The van der Waals surface area contributed by atoms with Crippen molar-refractivity contribution in [1.82, 2.24) is 0 Å². The fourth-order valence-electron chi connectivity index (χ4n) is 1.62. The molecule has 2 rings (SSSR count). The lowest BCUT2D eigenvalue weighted by Crippen LogP contribution is -2.05. The number of allylic oxidation sites excluding steroid dienone is 2. The lowest BCUT2D eigenvalue weighted by atomic mass is 10.1. The van der Waals surface area contributed by atoms with Crippen molar-refractivity contribution in [2.75, 3.05) is 6.26 Å². The van der Waals surface area contributed by atoms with Crippen LogP contribution in [0, 0.1) is 0 Å². The first-order chi connectivity index (χ1) is 6.79. The molecule has 0 unspecified atom stereocenters. The van der Waals surface area contributed by atoms with Gasteiger partial charge >= 0.3 is 0 Å². The predicted octanol–water partition coefficient (Wildman–Crippen LogP) is 4.54. The minimum absolute atomic E-state index is 0.343. The van der Waals surface area contributed by atoms with E-state index in [9.17, 15) is 0 Å². The molecular weight excluding hydrogens is 234 g/mol. The molecule has 0 radical (unpaired) electrons. The van der Waals surface area contributed by atoms with Crippen molar-refractivity contribution >= 4 is 35.3 Å². The zero-order chi connectivity index (χ0) is 10.0.